The molecule has 1 unspecified atom stereocenters. The molecule has 0 N–H and O–H groups in total. The van der Waals surface area contributed by atoms with Crippen LogP contribution in [0, 0.1) is 0 Å². The largest absolute Gasteiger partial charge is 0.434 e. The zero-order valence-electron chi connectivity index (χ0n) is 8.81. The van der Waals surface area contributed by atoms with Crippen molar-refractivity contribution < 1.29 is 14.3 Å². The van der Waals surface area contributed by atoms with E-state index in [9.17, 15) is 9.59 Å². The Morgan fingerprint density at radius 1 is 1.59 bits per heavy atom. The minimum atomic E-state index is -0.505. The first-order chi connectivity index (χ1) is 8.11. The number of hydrogen-bond donors (Lipinski definition) is 0. The van der Waals surface area contributed by atoms with Crippen molar-refractivity contribution in [2.75, 3.05) is 0 Å². The molecule has 0 fully saturated rings. The molecule has 88 valence electrons. The first kappa shape index (κ1) is 12.2. The van der Waals surface area contributed by atoms with E-state index in [1.54, 1.807) is 18.2 Å². The summed E-state index contributed by atoms with van der Waals surface area (Å²) in [5, 5.41) is 0.0130. The number of hydrogen-bond acceptors (Lipinski definition) is 4. The molecular formula is C12H9ClO3S. The number of ether oxygens (including phenoxy) is 1. The lowest BCUT2D eigenvalue weighted by Gasteiger charge is -2.21. The summed E-state index contributed by atoms with van der Waals surface area (Å²) >= 11 is 7.14. The summed E-state index contributed by atoms with van der Waals surface area (Å²) in [6.45, 7) is 3.32. The zero-order valence-corrected chi connectivity index (χ0v) is 10.4. The Morgan fingerprint density at radius 2 is 2.35 bits per heavy atom. The molecule has 0 aromatic heterocycles. The van der Waals surface area contributed by atoms with Crippen LogP contribution in [-0.2, 0) is 9.53 Å². The van der Waals surface area contributed by atoms with Crippen LogP contribution in [0.4, 0.5) is 0 Å². The van der Waals surface area contributed by atoms with E-state index < -0.39 is 11.2 Å². The lowest BCUT2D eigenvalue weighted by atomic mass is 10.1. The average Bonchev–Trinajstić information content (AvgIpc) is 2.30. The quantitative estimate of drug-likeness (QED) is 0.611. The molecule has 0 spiro atoms. The maximum atomic E-state index is 11.9. The highest BCUT2D eigenvalue weighted by atomic mass is 35.5. The molecule has 17 heavy (non-hydrogen) atoms. The van der Waals surface area contributed by atoms with E-state index >= 15 is 0 Å². The van der Waals surface area contributed by atoms with E-state index in [2.05, 4.69) is 6.58 Å². The third kappa shape index (κ3) is 2.53. The van der Waals surface area contributed by atoms with Crippen molar-refractivity contribution in [3.8, 4) is 0 Å². The monoisotopic (exact) mass is 268 g/mol. The van der Waals surface area contributed by atoms with E-state index in [4.69, 9.17) is 16.3 Å². The van der Waals surface area contributed by atoms with Crippen molar-refractivity contribution >= 4 is 35.1 Å². The predicted molar refractivity (Wildman–Crippen MR) is 66.3 cm³/mol. The SMILES string of the molecule is C=COC(=O)C1CC(=O)c2cc(Cl)ccc2S1. The molecule has 1 aliphatic rings. The molecule has 1 aromatic rings. The number of benzene rings is 1. The molecule has 1 aliphatic heterocycles. The number of esters is 1. The van der Waals surface area contributed by atoms with Gasteiger partial charge in [-0.05, 0) is 18.2 Å². The van der Waals surface area contributed by atoms with Crippen LogP contribution in [0.3, 0.4) is 0 Å². The number of carbonyl (C=O) groups excluding carboxylic acids is 2. The molecule has 1 heterocycles. The van der Waals surface area contributed by atoms with Crippen molar-refractivity contribution in [3.05, 3.63) is 41.6 Å². The Bertz CT molecular complexity index is 499. The Balaban J connectivity index is 2.27. The molecule has 5 heteroatoms. The normalized spacial score (nSPS) is 18.4. The summed E-state index contributed by atoms with van der Waals surface area (Å²) in [7, 11) is 0. The smallest absolute Gasteiger partial charge is 0.324 e. The molecular weight excluding hydrogens is 260 g/mol. The Morgan fingerprint density at radius 3 is 3.06 bits per heavy atom. The third-order valence-electron chi connectivity index (χ3n) is 2.34. The van der Waals surface area contributed by atoms with Gasteiger partial charge in [0, 0.05) is 21.9 Å². The van der Waals surface area contributed by atoms with E-state index in [1.807, 2.05) is 0 Å². The fourth-order valence-electron chi connectivity index (χ4n) is 1.59. The first-order valence-electron chi connectivity index (χ1n) is 4.92. The molecule has 2 rings (SSSR count). The maximum absolute atomic E-state index is 11.9. The molecule has 3 nitrogen and oxygen atoms in total. The second kappa shape index (κ2) is 4.94. The van der Waals surface area contributed by atoms with Crippen molar-refractivity contribution in [1.29, 1.82) is 0 Å². The van der Waals surface area contributed by atoms with Gasteiger partial charge in [0.25, 0.3) is 0 Å². The van der Waals surface area contributed by atoms with Crippen LogP contribution < -0.4 is 0 Å². The minimum Gasteiger partial charge on any atom is -0.434 e. The summed E-state index contributed by atoms with van der Waals surface area (Å²) in [6.07, 6.45) is 1.20. The summed E-state index contributed by atoms with van der Waals surface area (Å²) < 4.78 is 4.69. The third-order valence-corrected chi connectivity index (χ3v) is 3.83. The van der Waals surface area contributed by atoms with Gasteiger partial charge in [-0.25, -0.2) is 0 Å². The van der Waals surface area contributed by atoms with E-state index in [1.165, 1.54) is 11.8 Å². The number of thioether (sulfide) groups is 1. The fraction of sp³-hybridized carbons (Fsp3) is 0.167. The molecule has 0 amide bonds. The van der Waals surface area contributed by atoms with Crippen LogP contribution in [0.25, 0.3) is 0 Å². The van der Waals surface area contributed by atoms with Gasteiger partial charge in [-0.3, -0.25) is 9.59 Å². The van der Waals surface area contributed by atoms with Gasteiger partial charge in [0.05, 0.1) is 6.26 Å². The van der Waals surface area contributed by atoms with E-state index in [-0.39, 0.29) is 12.2 Å². The van der Waals surface area contributed by atoms with Crippen molar-refractivity contribution in [1.82, 2.24) is 0 Å². The van der Waals surface area contributed by atoms with Gasteiger partial charge in [0.15, 0.2) is 5.78 Å². The number of fused-ring (bicyclic) bond motifs is 1. The van der Waals surface area contributed by atoms with Crippen LogP contribution in [0.15, 0.2) is 35.9 Å². The summed E-state index contributed by atoms with van der Waals surface area (Å²) in [4.78, 5) is 24.1. The molecule has 0 saturated carbocycles. The van der Waals surface area contributed by atoms with Gasteiger partial charge in [0.1, 0.15) is 5.25 Å². The molecule has 0 bridgehead atoms. The van der Waals surface area contributed by atoms with Gasteiger partial charge >= 0.3 is 5.97 Å². The summed E-state index contributed by atoms with van der Waals surface area (Å²) in [5.74, 6) is -0.536. The van der Waals surface area contributed by atoms with Crippen LogP contribution in [0.5, 0.6) is 0 Å². The van der Waals surface area contributed by atoms with Crippen LogP contribution in [0.1, 0.15) is 16.8 Å². The standard InChI is InChI=1S/C12H9ClO3S/c1-2-16-12(15)11-6-9(14)8-5-7(13)3-4-10(8)17-11/h2-5,11H,1,6H2. The Kier molecular flexibility index (Phi) is 3.54. The number of halogens is 1. The number of carbonyl (C=O) groups is 2. The molecule has 0 radical (unpaired) electrons. The molecule has 1 aromatic carbocycles. The minimum absolute atomic E-state index is 0.0905. The van der Waals surface area contributed by atoms with Crippen LogP contribution >= 0.6 is 23.4 Å². The number of rotatable bonds is 2. The van der Waals surface area contributed by atoms with Gasteiger partial charge in [0.2, 0.25) is 0 Å². The first-order valence-corrected chi connectivity index (χ1v) is 6.18. The number of Topliss-reactive ketones (excluding diaryl/α,β-unsaturated/α-hetero) is 1. The second-order valence-corrected chi connectivity index (χ2v) is 5.16. The lowest BCUT2D eigenvalue weighted by Crippen LogP contribution is -2.25. The summed E-state index contributed by atoms with van der Waals surface area (Å²) in [5.41, 5.74) is 0.574. The van der Waals surface area contributed by atoms with Crippen LogP contribution in [0.2, 0.25) is 5.02 Å². The van der Waals surface area contributed by atoms with Gasteiger partial charge in [-0.15, -0.1) is 11.8 Å². The van der Waals surface area contributed by atoms with Crippen molar-refractivity contribution in [2.45, 2.75) is 16.6 Å². The maximum Gasteiger partial charge on any atom is 0.324 e. The van der Waals surface area contributed by atoms with Gasteiger partial charge < -0.3 is 4.74 Å². The zero-order chi connectivity index (χ0) is 12.4. The topological polar surface area (TPSA) is 43.4 Å². The fourth-order valence-corrected chi connectivity index (χ4v) is 2.90. The number of ketones is 1. The predicted octanol–water partition coefficient (Wildman–Crippen LogP) is 3.07. The van der Waals surface area contributed by atoms with Gasteiger partial charge in [-0.1, -0.05) is 18.2 Å². The van der Waals surface area contributed by atoms with Crippen molar-refractivity contribution in [2.24, 2.45) is 0 Å². The second-order valence-electron chi connectivity index (χ2n) is 3.48. The highest BCUT2D eigenvalue weighted by Gasteiger charge is 2.31. The molecule has 0 saturated heterocycles. The Hall–Kier alpha value is -1.26. The molecule has 0 aliphatic carbocycles. The summed E-state index contributed by atoms with van der Waals surface area (Å²) in [6, 6.07) is 5.07. The average molecular weight is 269 g/mol. The van der Waals surface area contributed by atoms with E-state index in [0.29, 0.717) is 10.6 Å². The van der Waals surface area contributed by atoms with Crippen molar-refractivity contribution in [3.63, 3.8) is 0 Å². The molecule has 1 atom stereocenters. The highest BCUT2D eigenvalue weighted by molar-refractivity contribution is 8.00. The van der Waals surface area contributed by atoms with E-state index in [0.717, 1.165) is 11.2 Å². The Labute approximate surface area is 108 Å². The van der Waals surface area contributed by atoms with Gasteiger partial charge in [-0.2, -0.15) is 0 Å². The van der Waals surface area contributed by atoms with Crippen LogP contribution in [-0.4, -0.2) is 17.0 Å². The highest BCUT2D eigenvalue weighted by Crippen LogP contribution is 2.37. The lowest BCUT2D eigenvalue weighted by molar-refractivity contribution is -0.137.